The molecule has 0 saturated carbocycles. The molecule has 186 valence electrons. The minimum absolute atomic E-state index is 0.0229. The number of hydrogen-bond donors (Lipinski definition) is 1. The number of anilines is 1. The molecular formula is C28H30N4O4. The van der Waals surface area contributed by atoms with E-state index >= 15 is 0 Å². The van der Waals surface area contributed by atoms with Crippen molar-refractivity contribution in [2.45, 2.75) is 12.5 Å². The lowest BCUT2D eigenvalue weighted by Gasteiger charge is -2.39. The molecule has 8 heteroatoms. The van der Waals surface area contributed by atoms with Crippen LogP contribution in [0.25, 0.3) is 10.8 Å². The topological polar surface area (TPSA) is 82.2 Å². The highest BCUT2D eigenvalue weighted by Crippen LogP contribution is 2.24. The molecule has 2 fully saturated rings. The van der Waals surface area contributed by atoms with Crippen LogP contribution in [0.5, 0.6) is 5.75 Å². The molecule has 1 atom stereocenters. The van der Waals surface area contributed by atoms with Gasteiger partial charge in [0, 0.05) is 50.5 Å². The quantitative estimate of drug-likeness (QED) is 0.600. The number of nitrogens with zero attached hydrogens (tertiary/aromatic N) is 3. The average Bonchev–Trinajstić information content (AvgIpc) is 2.93. The standard InChI is InChI=1S/C28H30N4O4/c1-36-22-11-9-21(10-12-22)30-15-17-31(18-16-30)26(33)19-25-27(34)29-13-14-32(25)28(35)24-8-4-6-20-5-2-3-7-23(20)24/h2-12,25H,13-19H2,1H3,(H,29,34)/t25-/m0/s1. The molecule has 0 radical (unpaired) electrons. The summed E-state index contributed by atoms with van der Waals surface area (Å²) in [6.07, 6.45) is -0.0229. The molecule has 3 aromatic rings. The van der Waals surface area contributed by atoms with Gasteiger partial charge >= 0.3 is 0 Å². The molecule has 2 aliphatic rings. The van der Waals surface area contributed by atoms with E-state index in [1.165, 1.54) is 0 Å². The largest absolute Gasteiger partial charge is 0.497 e. The van der Waals surface area contributed by atoms with Crippen LogP contribution in [0, 0.1) is 0 Å². The van der Waals surface area contributed by atoms with Gasteiger partial charge in [-0.3, -0.25) is 14.4 Å². The van der Waals surface area contributed by atoms with Crippen LogP contribution >= 0.6 is 0 Å². The van der Waals surface area contributed by atoms with E-state index in [2.05, 4.69) is 10.2 Å². The van der Waals surface area contributed by atoms with Crippen molar-refractivity contribution in [2.75, 3.05) is 51.3 Å². The molecule has 0 bridgehead atoms. The zero-order chi connectivity index (χ0) is 25.1. The number of nitrogens with one attached hydrogen (secondary N) is 1. The van der Waals surface area contributed by atoms with Crippen LogP contribution in [-0.2, 0) is 9.59 Å². The highest BCUT2D eigenvalue weighted by Gasteiger charge is 2.37. The number of rotatable bonds is 5. The van der Waals surface area contributed by atoms with E-state index in [1.807, 2.05) is 60.7 Å². The van der Waals surface area contributed by atoms with Crippen molar-refractivity contribution in [3.8, 4) is 5.75 Å². The van der Waals surface area contributed by atoms with Gasteiger partial charge in [0.05, 0.1) is 13.5 Å². The Balaban J connectivity index is 1.26. The second kappa shape index (κ2) is 10.3. The number of benzene rings is 3. The van der Waals surface area contributed by atoms with Gasteiger partial charge in [-0.2, -0.15) is 0 Å². The second-order valence-electron chi connectivity index (χ2n) is 9.10. The van der Waals surface area contributed by atoms with Crippen LogP contribution in [-0.4, -0.2) is 79.9 Å². The Labute approximate surface area is 210 Å². The molecular weight excluding hydrogens is 456 g/mol. The molecule has 0 unspecified atom stereocenters. The van der Waals surface area contributed by atoms with Crippen molar-refractivity contribution in [2.24, 2.45) is 0 Å². The zero-order valence-corrected chi connectivity index (χ0v) is 20.4. The molecule has 2 aliphatic heterocycles. The predicted molar refractivity (Wildman–Crippen MR) is 138 cm³/mol. The summed E-state index contributed by atoms with van der Waals surface area (Å²) < 4.78 is 5.23. The van der Waals surface area contributed by atoms with E-state index in [-0.39, 0.29) is 24.1 Å². The number of piperazine rings is 2. The van der Waals surface area contributed by atoms with E-state index in [1.54, 1.807) is 23.0 Å². The Morgan fingerprint density at radius 2 is 1.64 bits per heavy atom. The number of methoxy groups -OCH3 is 1. The predicted octanol–water partition coefficient (Wildman–Crippen LogP) is 2.53. The molecule has 3 amide bonds. The third-order valence-corrected chi connectivity index (χ3v) is 7.05. The Kier molecular flexibility index (Phi) is 6.75. The van der Waals surface area contributed by atoms with Crippen LogP contribution < -0.4 is 15.0 Å². The van der Waals surface area contributed by atoms with E-state index < -0.39 is 6.04 Å². The van der Waals surface area contributed by atoms with Crippen LogP contribution in [0.2, 0.25) is 0 Å². The third-order valence-electron chi connectivity index (χ3n) is 7.05. The monoisotopic (exact) mass is 486 g/mol. The summed E-state index contributed by atoms with van der Waals surface area (Å²) in [7, 11) is 1.64. The van der Waals surface area contributed by atoms with Crippen molar-refractivity contribution >= 4 is 34.2 Å². The van der Waals surface area contributed by atoms with Gasteiger partial charge < -0.3 is 24.8 Å². The normalized spacial score (nSPS) is 18.2. The molecule has 1 N–H and O–H groups in total. The molecule has 0 aromatic heterocycles. The molecule has 2 heterocycles. The first kappa shape index (κ1) is 23.7. The van der Waals surface area contributed by atoms with Crippen molar-refractivity contribution in [1.29, 1.82) is 0 Å². The summed E-state index contributed by atoms with van der Waals surface area (Å²) >= 11 is 0. The second-order valence-corrected chi connectivity index (χ2v) is 9.10. The maximum atomic E-state index is 13.6. The minimum atomic E-state index is -0.822. The smallest absolute Gasteiger partial charge is 0.255 e. The maximum absolute atomic E-state index is 13.6. The van der Waals surface area contributed by atoms with Crippen LogP contribution in [0.1, 0.15) is 16.8 Å². The van der Waals surface area contributed by atoms with Crippen molar-refractivity contribution < 1.29 is 19.1 Å². The highest BCUT2D eigenvalue weighted by atomic mass is 16.5. The minimum Gasteiger partial charge on any atom is -0.497 e. The number of fused-ring (bicyclic) bond motifs is 1. The van der Waals surface area contributed by atoms with Gasteiger partial charge in [0.25, 0.3) is 5.91 Å². The van der Waals surface area contributed by atoms with Gasteiger partial charge in [-0.1, -0.05) is 36.4 Å². The Morgan fingerprint density at radius 1 is 0.917 bits per heavy atom. The Hall–Kier alpha value is -4.07. The van der Waals surface area contributed by atoms with E-state index in [4.69, 9.17) is 4.74 Å². The lowest BCUT2D eigenvalue weighted by atomic mass is 10.0. The first-order chi connectivity index (χ1) is 17.5. The van der Waals surface area contributed by atoms with Gasteiger partial charge in [-0.25, -0.2) is 0 Å². The van der Waals surface area contributed by atoms with Crippen molar-refractivity contribution in [3.05, 3.63) is 72.3 Å². The van der Waals surface area contributed by atoms with Crippen LogP contribution in [0.4, 0.5) is 5.69 Å². The summed E-state index contributed by atoms with van der Waals surface area (Å²) in [4.78, 5) is 45.2. The Bertz CT molecular complexity index is 1260. The van der Waals surface area contributed by atoms with Gasteiger partial charge in [0.15, 0.2) is 0 Å². The third kappa shape index (κ3) is 4.71. The lowest BCUT2D eigenvalue weighted by Crippen LogP contribution is -2.59. The first-order valence-corrected chi connectivity index (χ1v) is 12.3. The zero-order valence-electron chi connectivity index (χ0n) is 20.4. The molecule has 0 aliphatic carbocycles. The molecule has 2 saturated heterocycles. The number of carbonyl (C=O) groups excluding carboxylic acids is 3. The molecule has 8 nitrogen and oxygen atoms in total. The van der Waals surface area contributed by atoms with Crippen molar-refractivity contribution in [1.82, 2.24) is 15.1 Å². The van der Waals surface area contributed by atoms with Gasteiger partial charge in [-0.15, -0.1) is 0 Å². The number of hydrogen-bond acceptors (Lipinski definition) is 5. The summed E-state index contributed by atoms with van der Waals surface area (Å²) in [5, 5.41) is 4.64. The fourth-order valence-corrected chi connectivity index (χ4v) is 5.03. The summed E-state index contributed by atoms with van der Waals surface area (Å²) in [6, 6.07) is 20.4. The molecule has 36 heavy (non-hydrogen) atoms. The highest BCUT2D eigenvalue weighted by molar-refractivity contribution is 6.08. The van der Waals surface area contributed by atoms with Gasteiger partial charge in [0.2, 0.25) is 11.8 Å². The fraction of sp³-hybridized carbons (Fsp3) is 0.321. The maximum Gasteiger partial charge on any atom is 0.255 e. The first-order valence-electron chi connectivity index (χ1n) is 12.3. The molecule has 5 rings (SSSR count). The van der Waals surface area contributed by atoms with Crippen LogP contribution in [0.3, 0.4) is 0 Å². The van der Waals surface area contributed by atoms with Gasteiger partial charge in [0.1, 0.15) is 11.8 Å². The molecule has 3 aromatic carbocycles. The molecule has 0 spiro atoms. The number of carbonyl (C=O) groups is 3. The summed E-state index contributed by atoms with van der Waals surface area (Å²) in [5.41, 5.74) is 1.63. The van der Waals surface area contributed by atoms with Crippen molar-refractivity contribution in [3.63, 3.8) is 0 Å². The van der Waals surface area contributed by atoms with E-state index in [0.29, 0.717) is 44.8 Å². The number of amides is 3. The summed E-state index contributed by atoms with van der Waals surface area (Å²) in [5.74, 6) is 0.201. The Morgan fingerprint density at radius 3 is 2.39 bits per heavy atom. The SMILES string of the molecule is COc1ccc(N2CCN(C(=O)C[C@H]3C(=O)NCCN3C(=O)c3cccc4ccccc34)CC2)cc1. The van der Waals surface area contributed by atoms with E-state index in [0.717, 1.165) is 22.2 Å². The van der Waals surface area contributed by atoms with Gasteiger partial charge in [-0.05, 0) is 41.1 Å². The number of ether oxygens (including phenoxy) is 1. The van der Waals surface area contributed by atoms with E-state index in [9.17, 15) is 14.4 Å². The fourth-order valence-electron chi connectivity index (χ4n) is 5.03. The summed E-state index contributed by atoms with van der Waals surface area (Å²) in [6.45, 7) is 3.28. The lowest BCUT2D eigenvalue weighted by molar-refractivity contribution is -0.138. The van der Waals surface area contributed by atoms with Crippen LogP contribution in [0.15, 0.2) is 66.7 Å². The average molecular weight is 487 g/mol.